The van der Waals surface area contributed by atoms with Crippen LogP contribution in [0.25, 0.3) is 0 Å². The minimum absolute atomic E-state index is 0.0232. The maximum Gasteiger partial charge on any atom is 0.339 e. The maximum absolute atomic E-state index is 10.9. The van der Waals surface area contributed by atoms with Gasteiger partial charge in [0.15, 0.2) is 11.5 Å². The Bertz CT molecular complexity index is 419. The van der Waals surface area contributed by atoms with Crippen LogP contribution in [-0.4, -0.2) is 42.0 Å². The molecule has 94 valence electrons. The van der Waals surface area contributed by atoms with E-state index in [0.29, 0.717) is 5.56 Å². The third-order valence-electron chi connectivity index (χ3n) is 2.33. The van der Waals surface area contributed by atoms with Gasteiger partial charge < -0.3 is 25.4 Å². The van der Waals surface area contributed by atoms with E-state index in [4.69, 9.17) is 9.84 Å². The van der Waals surface area contributed by atoms with Crippen LogP contribution in [-0.2, 0) is 0 Å². The lowest BCUT2D eigenvalue weighted by Gasteiger charge is -2.14. The summed E-state index contributed by atoms with van der Waals surface area (Å²) in [6.07, 6.45) is -0.868. The molecule has 17 heavy (non-hydrogen) atoms. The van der Waals surface area contributed by atoms with Gasteiger partial charge in [0.1, 0.15) is 5.56 Å². The van der Waals surface area contributed by atoms with Crippen molar-refractivity contribution in [1.29, 1.82) is 0 Å². The van der Waals surface area contributed by atoms with Crippen molar-refractivity contribution in [3.05, 3.63) is 23.3 Å². The van der Waals surface area contributed by atoms with Gasteiger partial charge in [-0.05, 0) is 24.7 Å². The lowest BCUT2D eigenvalue weighted by Crippen LogP contribution is -2.17. The van der Waals surface area contributed by atoms with Crippen LogP contribution in [0.1, 0.15) is 22.0 Å². The van der Waals surface area contributed by atoms with E-state index < -0.39 is 17.8 Å². The van der Waals surface area contributed by atoms with Crippen molar-refractivity contribution < 1.29 is 24.9 Å². The van der Waals surface area contributed by atoms with Crippen molar-refractivity contribution >= 4 is 5.97 Å². The highest BCUT2D eigenvalue weighted by molar-refractivity contribution is 5.92. The third kappa shape index (κ3) is 2.86. The molecule has 1 unspecified atom stereocenters. The van der Waals surface area contributed by atoms with Gasteiger partial charge in [-0.3, -0.25) is 0 Å². The molecule has 6 heteroatoms. The third-order valence-corrected chi connectivity index (χ3v) is 2.33. The summed E-state index contributed by atoms with van der Waals surface area (Å²) in [6, 6.07) is 2.63. The van der Waals surface area contributed by atoms with Gasteiger partial charge in [-0.15, -0.1) is 0 Å². The number of carboxylic acids is 1. The summed E-state index contributed by atoms with van der Waals surface area (Å²) in [5, 5.41) is 31.0. The highest BCUT2D eigenvalue weighted by atomic mass is 16.5. The standard InChI is InChI=1S/C11H15NO5/c1-12-5-8(13)6-3-7(11(15)16)10(14)9(4-6)17-2/h3-4,8,12-14H,5H2,1-2H3,(H,15,16). The van der Waals surface area contributed by atoms with E-state index in [1.807, 2.05) is 0 Å². The fourth-order valence-corrected chi connectivity index (χ4v) is 1.45. The molecule has 0 aliphatic heterocycles. The summed E-state index contributed by atoms with van der Waals surface area (Å²) in [4.78, 5) is 10.9. The monoisotopic (exact) mass is 241 g/mol. The molecule has 0 fully saturated rings. The number of aliphatic hydroxyl groups excluding tert-OH is 1. The first-order valence-electron chi connectivity index (χ1n) is 4.98. The number of carboxylic acid groups (broad SMARTS) is 1. The number of ether oxygens (including phenoxy) is 1. The van der Waals surface area contributed by atoms with E-state index in [2.05, 4.69) is 5.32 Å². The van der Waals surface area contributed by atoms with Gasteiger partial charge >= 0.3 is 5.97 Å². The number of aliphatic hydroxyl groups is 1. The molecule has 1 rings (SSSR count). The van der Waals surface area contributed by atoms with Gasteiger partial charge in [-0.1, -0.05) is 0 Å². The van der Waals surface area contributed by atoms with Crippen LogP contribution in [0.3, 0.4) is 0 Å². The molecule has 1 aromatic rings. The van der Waals surface area contributed by atoms with E-state index in [0.717, 1.165) is 0 Å². The summed E-state index contributed by atoms with van der Waals surface area (Å²) in [5.41, 5.74) is 0.0703. The molecule has 0 aliphatic carbocycles. The van der Waals surface area contributed by atoms with E-state index in [1.54, 1.807) is 7.05 Å². The molecule has 0 heterocycles. The van der Waals surface area contributed by atoms with Crippen LogP contribution in [0, 0.1) is 0 Å². The quantitative estimate of drug-likeness (QED) is 0.593. The first-order chi connectivity index (χ1) is 8.01. The molecule has 1 atom stereocenters. The summed E-state index contributed by atoms with van der Waals surface area (Å²) in [5.74, 6) is -1.70. The molecule has 0 aromatic heterocycles. The lowest BCUT2D eigenvalue weighted by atomic mass is 10.0. The topological polar surface area (TPSA) is 99.0 Å². The van der Waals surface area contributed by atoms with Gasteiger partial charge in [-0.25, -0.2) is 4.79 Å². The van der Waals surface area contributed by atoms with E-state index in [9.17, 15) is 15.0 Å². The molecule has 0 saturated carbocycles. The zero-order valence-electron chi connectivity index (χ0n) is 9.60. The normalized spacial score (nSPS) is 12.2. The highest BCUT2D eigenvalue weighted by Crippen LogP contribution is 2.33. The predicted molar refractivity (Wildman–Crippen MR) is 60.5 cm³/mol. The van der Waals surface area contributed by atoms with Crippen LogP contribution >= 0.6 is 0 Å². The minimum Gasteiger partial charge on any atom is -0.504 e. The Balaban J connectivity index is 3.24. The predicted octanol–water partition coefficient (Wildman–Crippen LogP) is 0.352. The molecule has 0 amide bonds. The average molecular weight is 241 g/mol. The van der Waals surface area contributed by atoms with Crippen molar-refractivity contribution in [2.45, 2.75) is 6.10 Å². The first kappa shape index (κ1) is 13.3. The lowest BCUT2D eigenvalue weighted by molar-refractivity contribution is 0.0692. The Morgan fingerprint density at radius 3 is 2.65 bits per heavy atom. The Morgan fingerprint density at radius 1 is 1.53 bits per heavy atom. The van der Waals surface area contributed by atoms with Crippen LogP contribution in [0.15, 0.2) is 12.1 Å². The van der Waals surface area contributed by atoms with Crippen LogP contribution < -0.4 is 10.1 Å². The summed E-state index contributed by atoms with van der Waals surface area (Å²) in [6.45, 7) is 0.271. The van der Waals surface area contributed by atoms with Crippen molar-refractivity contribution in [2.75, 3.05) is 20.7 Å². The Labute approximate surface area is 98.5 Å². The maximum atomic E-state index is 10.9. The second kappa shape index (κ2) is 5.51. The smallest absolute Gasteiger partial charge is 0.339 e. The SMILES string of the molecule is CNCC(O)c1cc(OC)c(O)c(C(=O)O)c1. The fraction of sp³-hybridized carbons (Fsp3) is 0.364. The van der Waals surface area contributed by atoms with Crippen molar-refractivity contribution in [3.63, 3.8) is 0 Å². The molecule has 0 saturated heterocycles. The van der Waals surface area contributed by atoms with E-state index >= 15 is 0 Å². The molecule has 0 aliphatic rings. The van der Waals surface area contributed by atoms with E-state index in [-0.39, 0.29) is 17.9 Å². The van der Waals surface area contributed by atoms with E-state index in [1.165, 1.54) is 19.2 Å². The van der Waals surface area contributed by atoms with Crippen molar-refractivity contribution in [1.82, 2.24) is 5.32 Å². The number of hydrogen-bond donors (Lipinski definition) is 4. The van der Waals surface area contributed by atoms with Gasteiger partial charge in [-0.2, -0.15) is 0 Å². The van der Waals surface area contributed by atoms with Crippen LogP contribution in [0.2, 0.25) is 0 Å². The second-order valence-electron chi connectivity index (χ2n) is 3.50. The van der Waals surface area contributed by atoms with Gasteiger partial charge in [0.25, 0.3) is 0 Å². The van der Waals surface area contributed by atoms with Crippen molar-refractivity contribution in [2.24, 2.45) is 0 Å². The number of likely N-dealkylation sites (N-methyl/N-ethyl adjacent to an activating group) is 1. The van der Waals surface area contributed by atoms with Crippen LogP contribution in [0.5, 0.6) is 11.5 Å². The number of aromatic carboxylic acids is 1. The number of benzene rings is 1. The Hall–Kier alpha value is -1.79. The molecule has 1 aromatic carbocycles. The Kier molecular flexibility index (Phi) is 4.30. The summed E-state index contributed by atoms with van der Waals surface area (Å²) >= 11 is 0. The molecule has 0 radical (unpaired) electrons. The summed E-state index contributed by atoms with van der Waals surface area (Å²) < 4.78 is 4.86. The number of nitrogens with one attached hydrogen (secondary N) is 1. The van der Waals surface area contributed by atoms with Gasteiger partial charge in [0.05, 0.1) is 13.2 Å². The number of phenols is 1. The van der Waals surface area contributed by atoms with Gasteiger partial charge in [0.2, 0.25) is 0 Å². The molecule has 4 N–H and O–H groups in total. The summed E-state index contributed by atoms with van der Waals surface area (Å²) in [7, 11) is 2.98. The zero-order chi connectivity index (χ0) is 13.0. The molecule has 0 bridgehead atoms. The largest absolute Gasteiger partial charge is 0.504 e. The highest BCUT2D eigenvalue weighted by Gasteiger charge is 2.19. The second-order valence-corrected chi connectivity index (χ2v) is 3.50. The molecular formula is C11H15NO5. The number of carbonyl (C=O) groups is 1. The Morgan fingerprint density at radius 2 is 2.18 bits per heavy atom. The zero-order valence-corrected chi connectivity index (χ0v) is 9.60. The number of hydrogen-bond acceptors (Lipinski definition) is 5. The van der Waals surface area contributed by atoms with Gasteiger partial charge in [0, 0.05) is 6.54 Å². The van der Waals surface area contributed by atoms with Crippen molar-refractivity contribution in [3.8, 4) is 11.5 Å². The van der Waals surface area contributed by atoms with Crippen LogP contribution in [0.4, 0.5) is 0 Å². The average Bonchev–Trinajstić information content (AvgIpc) is 2.29. The molecule has 0 spiro atoms. The number of rotatable bonds is 5. The first-order valence-corrected chi connectivity index (χ1v) is 4.98. The number of methoxy groups -OCH3 is 1. The minimum atomic E-state index is -1.28. The fourth-order valence-electron chi connectivity index (χ4n) is 1.45. The molecule has 6 nitrogen and oxygen atoms in total. The molecular weight excluding hydrogens is 226 g/mol. The number of aromatic hydroxyl groups is 1.